The molecule has 1 aromatic heterocycles. The van der Waals surface area contributed by atoms with Crippen molar-refractivity contribution in [2.24, 2.45) is 0 Å². The van der Waals surface area contributed by atoms with E-state index >= 15 is 0 Å². The highest BCUT2D eigenvalue weighted by Gasteiger charge is 2.23. The standard InChI is InChI=1S/C13H22N2O2/c1-9-6-12(17-5)7-11(15-9)8-14-13(3,4)10(2)16/h6-7,10,14,16H,8H2,1-5H3. The number of nitrogens with zero attached hydrogens (tertiary/aromatic N) is 1. The molecule has 0 spiro atoms. The Morgan fingerprint density at radius 2 is 2.12 bits per heavy atom. The molecule has 0 radical (unpaired) electrons. The lowest BCUT2D eigenvalue weighted by Crippen LogP contribution is -2.47. The van der Waals surface area contributed by atoms with Gasteiger partial charge in [0.25, 0.3) is 0 Å². The number of aliphatic hydroxyl groups excluding tert-OH is 1. The molecule has 0 amide bonds. The third-order valence-electron chi connectivity index (χ3n) is 2.99. The van der Waals surface area contributed by atoms with Crippen LogP contribution in [0.3, 0.4) is 0 Å². The Morgan fingerprint density at radius 3 is 2.65 bits per heavy atom. The molecule has 0 aromatic carbocycles. The summed E-state index contributed by atoms with van der Waals surface area (Å²) in [4.78, 5) is 4.42. The van der Waals surface area contributed by atoms with E-state index in [1.165, 1.54) is 0 Å². The minimum absolute atomic E-state index is 0.335. The van der Waals surface area contributed by atoms with Gasteiger partial charge in [-0.3, -0.25) is 4.98 Å². The zero-order valence-electron chi connectivity index (χ0n) is 11.2. The summed E-state index contributed by atoms with van der Waals surface area (Å²) < 4.78 is 5.20. The monoisotopic (exact) mass is 238 g/mol. The normalized spacial score (nSPS) is 13.5. The highest BCUT2D eigenvalue weighted by Crippen LogP contribution is 2.15. The molecule has 4 nitrogen and oxygen atoms in total. The van der Waals surface area contributed by atoms with Gasteiger partial charge in [-0.15, -0.1) is 0 Å². The molecule has 96 valence electrons. The van der Waals surface area contributed by atoms with Crippen molar-refractivity contribution in [3.8, 4) is 5.75 Å². The molecule has 17 heavy (non-hydrogen) atoms. The van der Waals surface area contributed by atoms with E-state index < -0.39 is 6.10 Å². The lowest BCUT2D eigenvalue weighted by atomic mass is 9.99. The summed E-state index contributed by atoms with van der Waals surface area (Å²) >= 11 is 0. The second kappa shape index (κ2) is 5.47. The van der Waals surface area contributed by atoms with Crippen LogP contribution in [-0.4, -0.2) is 28.8 Å². The molecule has 0 aliphatic rings. The summed E-state index contributed by atoms with van der Waals surface area (Å²) in [6.07, 6.45) is -0.422. The van der Waals surface area contributed by atoms with Crippen molar-refractivity contribution < 1.29 is 9.84 Å². The number of aryl methyl sites for hydroxylation is 1. The molecule has 0 aliphatic heterocycles. The highest BCUT2D eigenvalue weighted by molar-refractivity contribution is 5.26. The number of rotatable bonds is 5. The topological polar surface area (TPSA) is 54.4 Å². The van der Waals surface area contributed by atoms with Crippen LogP contribution in [0.4, 0.5) is 0 Å². The Morgan fingerprint density at radius 1 is 1.47 bits per heavy atom. The van der Waals surface area contributed by atoms with E-state index in [2.05, 4.69) is 10.3 Å². The molecule has 4 heteroatoms. The van der Waals surface area contributed by atoms with Crippen molar-refractivity contribution in [1.29, 1.82) is 0 Å². The second-order valence-electron chi connectivity index (χ2n) is 4.89. The Balaban J connectivity index is 2.72. The highest BCUT2D eigenvalue weighted by atomic mass is 16.5. The van der Waals surface area contributed by atoms with Crippen LogP contribution in [0.25, 0.3) is 0 Å². The molecule has 1 unspecified atom stereocenters. The van der Waals surface area contributed by atoms with E-state index in [1.54, 1.807) is 14.0 Å². The van der Waals surface area contributed by atoms with Crippen molar-refractivity contribution in [3.63, 3.8) is 0 Å². The predicted octanol–water partition coefficient (Wildman–Crippen LogP) is 1.65. The zero-order chi connectivity index (χ0) is 13.1. The first-order valence-electron chi connectivity index (χ1n) is 5.80. The molecule has 1 heterocycles. The molecule has 0 fully saturated rings. The lowest BCUT2D eigenvalue weighted by Gasteiger charge is -2.29. The van der Waals surface area contributed by atoms with Crippen LogP contribution in [0.15, 0.2) is 12.1 Å². The van der Waals surface area contributed by atoms with E-state index in [-0.39, 0.29) is 5.54 Å². The lowest BCUT2D eigenvalue weighted by molar-refractivity contribution is 0.0954. The van der Waals surface area contributed by atoms with Gasteiger partial charge in [0.15, 0.2) is 0 Å². The number of methoxy groups -OCH3 is 1. The Labute approximate surface area is 103 Å². The maximum atomic E-state index is 9.61. The van der Waals surface area contributed by atoms with Crippen molar-refractivity contribution in [3.05, 3.63) is 23.5 Å². The number of nitrogens with one attached hydrogen (secondary N) is 1. The van der Waals surface area contributed by atoms with Gasteiger partial charge in [-0.05, 0) is 27.7 Å². The molecular weight excluding hydrogens is 216 g/mol. The third-order valence-corrected chi connectivity index (χ3v) is 2.99. The summed E-state index contributed by atoms with van der Waals surface area (Å²) in [7, 11) is 1.64. The number of ether oxygens (including phenoxy) is 1. The van der Waals surface area contributed by atoms with E-state index in [0.29, 0.717) is 6.54 Å². The first-order valence-corrected chi connectivity index (χ1v) is 5.80. The quantitative estimate of drug-likeness (QED) is 0.819. The Bertz CT molecular complexity index is 376. The van der Waals surface area contributed by atoms with Gasteiger partial charge in [0.05, 0.1) is 18.9 Å². The first-order chi connectivity index (χ1) is 7.85. The molecule has 1 atom stereocenters. The van der Waals surface area contributed by atoms with Crippen LogP contribution >= 0.6 is 0 Å². The minimum atomic E-state index is -0.422. The van der Waals surface area contributed by atoms with Gasteiger partial charge in [0.1, 0.15) is 5.75 Å². The van der Waals surface area contributed by atoms with Crippen molar-refractivity contribution in [2.75, 3.05) is 7.11 Å². The number of hydrogen-bond donors (Lipinski definition) is 2. The van der Waals surface area contributed by atoms with Crippen LogP contribution in [-0.2, 0) is 6.54 Å². The second-order valence-corrected chi connectivity index (χ2v) is 4.89. The van der Waals surface area contributed by atoms with Crippen molar-refractivity contribution in [1.82, 2.24) is 10.3 Å². The summed E-state index contributed by atoms with van der Waals surface area (Å²) in [5.74, 6) is 0.809. The van der Waals surface area contributed by atoms with Gasteiger partial charge in [0.2, 0.25) is 0 Å². The van der Waals surface area contributed by atoms with Gasteiger partial charge in [0, 0.05) is 29.9 Å². The van der Waals surface area contributed by atoms with E-state index in [0.717, 1.165) is 17.1 Å². The van der Waals surface area contributed by atoms with Crippen molar-refractivity contribution >= 4 is 0 Å². The van der Waals surface area contributed by atoms with Crippen LogP contribution in [0.5, 0.6) is 5.75 Å². The third kappa shape index (κ3) is 3.98. The van der Waals surface area contributed by atoms with E-state index in [4.69, 9.17) is 4.74 Å². The SMILES string of the molecule is COc1cc(C)nc(CNC(C)(C)C(C)O)c1. The van der Waals surface area contributed by atoms with Crippen LogP contribution in [0.1, 0.15) is 32.2 Å². The Kier molecular flexibility index (Phi) is 4.48. The van der Waals surface area contributed by atoms with Gasteiger partial charge in [-0.25, -0.2) is 0 Å². The fraction of sp³-hybridized carbons (Fsp3) is 0.615. The summed E-state index contributed by atoms with van der Waals surface area (Å²) in [5, 5.41) is 12.9. The van der Waals surface area contributed by atoms with Crippen LogP contribution in [0, 0.1) is 6.92 Å². The minimum Gasteiger partial charge on any atom is -0.497 e. The fourth-order valence-corrected chi connectivity index (χ4v) is 1.38. The molecule has 0 saturated carbocycles. The van der Waals surface area contributed by atoms with Gasteiger partial charge in [-0.2, -0.15) is 0 Å². The van der Waals surface area contributed by atoms with E-state index in [1.807, 2.05) is 32.9 Å². The predicted molar refractivity (Wildman–Crippen MR) is 68.1 cm³/mol. The van der Waals surface area contributed by atoms with Gasteiger partial charge < -0.3 is 15.2 Å². The Hall–Kier alpha value is -1.13. The smallest absolute Gasteiger partial charge is 0.122 e. The van der Waals surface area contributed by atoms with Gasteiger partial charge in [-0.1, -0.05) is 0 Å². The zero-order valence-corrected chi connectivity index (χ0v) is 11.2. The largest absolute Gasteiger partial charge is 0.497 e. The molecule has 0 aliphatic carbocycles. The van der Waals surface area contributed by atoms with Gasteiger partial charge >= 0.3 is 0 Å². The number of pyridine rings is 1. The number of hydrogen-bond acceptors (Lipinski definition) is 4. The first kappa shape index (κ1) is 13.9. The molecule has 0 saturated heterocycles. The van der Waals surface area contributed by atoms with E-state index in [9.17, 15) is 5.11 Å². The summed E-state index contributed by atoms with van der Waals surface area (Å²) in [6.45, 7) is 8.24. The number of aromatic nitrogens is 1. The van der Waals surface area contributed by atoms with Crippen LogP contribution < -0.4 is 10.1 Å². The molecular formula is C13H22N2O2. The summed E-state index contributed by atoms with van der Waals surface area (Å²) in [5.41, 5.74) is 1.50. The number of aliphatic hydroxyl groups is 1. The molecule has 2 N–H and O–H groups in total. The molecule has 0 bridgehead atoms. The fourth-order valence-electron chi connectivity index (χ4n) is 1.38. The maximum Gasteiger partial charge on any atom is 0.122 e. The maximum absolute atomic E-state index is 9.61. The average molecular weight is 238 g/mol. The summed E-state index contributed by atoms with van der Waals surface area (Å²) in [6, 6.07) is 3.79. The van der Waals surface area contributed by atoms with Crippen LogP contribution in [0.2, 0.25) is 0 Å². The van der Waals surface area contributed by atoms with Crippen molar-refractivity contribution in [2.45, 2.75) is 45.9 Å². The average Bonchev–Trinajstić information content (AvgIpc) is 2.25. The molecule has 1 aromatic rings. The molecule has 1 rings (SSSR count).